The number of amides is 2. The first kappa shape index (κ1) is 13.1. The summed E-state index contributed by atoms with van der Waals surface area (Å²) in [6.07, 6.45) is 3.17. The summed E-state index contributed by atoms with van der Waals surface area (Å²) < 4.78 is 5.20. The van der Waals surface area contributed by atoms with Crippen molar-refractivity contribution in [3.8, 4) is 5.75 Å². The molecule has 1 aliphatic heterocycles. The highest BCUT2D eigenvalue weighted by Crippen LogP contribution is 2.18. The first-order valence-corrected chi connectivity index (χ1v) is 6.07. The number of hydrogen-bond donors (Lipinski definition) is 1. The number of hydrogen-bond acceptors (Lipinski definition) is 3. The number of nitrogens with zero attached hydrogens (tertiary/aromatic N) is 1. The monoisotopic (exact) mass is 260 g/mol. The van der Waals surface area contributed by atoms with E-state index in [9.17, 15) is 9.59 Å². The van der Waals surface area contributed by atoms with E-state index in [1.54, 1.807) is 13.2 Å². The molecule has 5 heteroatoms. The highest BCUT2D eigenvalue weighted by Gasteiger charge is 2.18. The number of carbonyl (C=O) groups excluding carboxylic acids is 2. The van der Waals surface area contributed by atoms with Gasteiger partial charge >= 0.3 is 0 Å². The van der Waals surface area contributed by atoms with Crippen LogP contribution >= 0.6 is 0 Å². The van der Waals surface area contributed by atoms with E-state index in [2.05, 4.69) is 5.32 Å². The molecule has 0 aliphatic carbocycles. The minimum atomic E-state index is -0.166. The number of ether oxygens (including phenoxy) is 1. The van der Waals surface area contributed by atoms with Crippen molar-refractivity contribution in [2.45, 2.75) is 0 Å². The van der Waals surface area contributed by atoms with E-state index in [-0.39, 0.29) is 18.4 Å². The van der Waals surface area contributed by atoms with Gasteiger partial charge in [0.05, 0.1) is 13.7 Å². The first-order valence-electron chi connectivity index (χ1n) is 6.07. The fourth-order valence-electron chi connectivity index (χ4n) is 1.90. The SMILES string of the molecule is COc1ccccc1/C=C\C(=O)N1CCNC(=O)C1. The largest absolute Gasteiger partial charge is 0.496 e. The van der Waals surface area contributed by atoms with E-state index in [4.69, 9.17) is 4.74 Å². The van der Waals surface area contributed by atoms with Gasteiger partial charge in [0.2, 0.25) is 11.8 Å². The normalized spacial score (nSPS) is 15.4. The molecular weight excluding hydrogens is 244 g/mol. The van der Waals surface area contributed by atoms with Crippen LogP contribution in [0.4, 0.5) is 0 Å². The smallest absolute Gasteiger partial charge is 0.247 e. The zero-order chi connectivity index (χ0) is 13.7. The molecule has 0 spiro atoms. The first-order chi connectivity index (χ1) is 9.20. The van der Waals surface area contributed by atoms with E-state index in [1.165, 1.54) is 11.0 Å². The number of carbonyl (C=O) groups is 2. The van der Waals surface area contributed by atoms with Gasteiger partial charge in [-0.3, -0.25) is 9.59 Å². The molecule has 0 aromatic heterocycles. The van der Waals surface area contributed by atoms with Crippen LogP contribution in [0, 0.1) is 0 Å². The van der Waals surface area contributed by atoms with Gasteiger partial charge in [0.25, 0.3) is 0 Å². The van der Waals surface area contributed by atoms with Gasteiger partial charge in [-0.25, -0.2) is 0 Å². The third-order valence-electron chi connectivity index (χ3n) is 2.89. The Labute approximate surface area is 111 Å². The van der Waals surface area contributed by atoms with Crippen molar-refractivity contribution in [2.75, 3.05) is 26.7 Å². The van der Waals surface area contributed by atoms with Crippen LogP contribution in [0.1, 0.15) is 5.56 Å². The molecule has 0 atom stereocenters. The van der Waals surface area contributed by atoms with Crippen LogP contribution in [-0.4, -0.2) is 43.5 Å². The Morgan fingerprint density at radius 3 is 2.95 bits per heavy atom. The van der Waals surface area contributed by atoms with Crippen molar-refractivity contribution in [3.63, 3.8) is 0 Å². The molecule has 1 saturated heterocycles. The predicted molar refractivity (Wildman–Crippen MR) is 71.6 cm³/mol. The lowest BCUT2D eigenvalue weighted by Gasteiger charge is -2.25. The quantitative estimate of drug-likeness (QED) is 0.812. The van der Waals surface area contributed by atoms with Gasteiger partial charge in [-0.1, -0.05) is 18.2 Å². The lowest BCUT2D eigenvalue weighted by Crippen LogP contribution is -2.49. The van der Waals surface area contributed by atoms with Gasteiger partial charge in [0.15, 0.2) is 0 Å². The molecule has 0 saturated carbocycles. The van der Waals surface area contributed by atoms with Crippen molar-refractivity contribution >= 4 is 17.9 Å². The predicted octanol–water partition coefficient (Wildman–Crippen LogP) is 0.667. The summed E-state index contributed by atoms with van der Waals surface area (Å²) in [7, 11) is 1.59. The molecule has 1 aromatic carbocycles. The molecule has 100 valence electrons. The highest BCUT2D eigenvalue weighted by atomic mass is 16.5. The third-order valence-corrected chi connectivity index (χ3v) is 2.89. The summed E-state index contributed by atoms with van der Waals surface area (Å²) in [6, 6.07) is 7.44. The highest BCUT2D eigenvalue weighted by molar-refractivity contribution is 5.95. The molecule has 0 radical (unpaired) electrons. The Hall–Kier alpha value is -2.30. The number of nitrogens with one attached hydrogen (secondary N) is 1. The molecule has 1 aromatic rings. The number of para-hydroxylation sites is 1. The molecule has 5 nitrogen and oxygen atoms in total. The van der Waals surface area contributed by atoms with Gasteiger partial charge in [-0.15, -0.1) is 0 Å². The fraction of sp³-hybridized carbons (Fsp3) is 0.286. The second kappa shape index (κ2) is 6.04. The summed E-state index contributed by atoms with van der Waals surface area (Å²) in [5.41, 5.74) is 0.833. The summed E-state index contributed by atoms with van der Waals surface area (Å²) in [6.45, 7) is 1.17. The molecular formula is C14H16N2O3. The molecule has 1 N–H and O–H groups in total. The fourth-order valence-corrected chi connectivity index (χ4v) is 1.90. The molecule has 1 heterocycles. The van der Waals surface area contributed by atoms with Gasteiger partial charge < -0.3 is 15.0 Å². The third kappa shape index (κ3) is 3.34. The van der Waals surface area contributed by atoms with Crippen LogP contribution in [0.15, 0.2) is 30.3 Å². The Kier molecular flexibility index (Phi) is 4.18. The molecule has 19 heavy (non-hydrogen) atoms. The van der Waals surface area contributed by atoms with E-state index in [0.717, 1.165) is 5.56 Å². The Morgan fingerprint density at radius 2 is 2.21 bits per heavy atom. The van der Waals surface area contributed by atoms with Crippen LogP contribution in [0.2, 0.25) is 0 Å². The van der Waals surface area contributed by atoms with E-state index in [0.29, 0.717) is 18.8 Å². The molecule has 0 bridgehead atoms. The minimum Gasteiger partial charge on any atom is -0.496 e. The summed E-state index contributed by atoms with van der Waals surface area (Å²) in [5, 5.41) is 2.68. The maximum atomic E-state index is 11.9. The van der Waals surface area contributed by atoms with Crippen LogP contribution in [0.25, 0.3) is 6.08 Å². The number of rotatable bonds is 3. The topological polar surface area (TPSA) is 58.6 Å². The van der Waals surface area contributed by atoms with Crippen molar-refractivity contribution in [1.29, 1.82) is 0 Å². The zero-order valence-corrected chi connectivity index (χ0v) is 10.8. The lowest BCUT2D eigenvalue weighted by molar-refractivity contribution is -0.134. The van der Waals surface area contributed by atoms with Crippen LogP contribution in [0.5, 0.6) is 5.75 Å². The van der Waals surface area contributed by atoms with E-state index in [1.807, 2.05) is 24.3 Å². The zero-order valence-electron chi connectivity index (χ0n) is 10.8. The second-order valence-corrected chi connectivity index (χ2v) is 4.19. The average molecular weight is 260 g/mol. The number of methoxy groups -OCH3 is 1. The second-order valence-electron chi connectivity index (χ2n) is 4.19. The Bertz CT molecular complexity index is 511. The van der Waals surface area contributed by atoms with E-state index >= 15 is 0 Å². The molecule has 2 rings (SSSR count). The number of benzene rings is 1. The Balaban J connectivity index is 2.05. The van der Waals surface area contributed by atoms with Crippen LogP contribution in [-0.2, 0) is 9.59 Å². The maximum absolute atomic E-state index is 11.9. The molecule has 0 unspecified atom stereocenters. The van der Waals surface area contributed by atoms with E-state index < -0.39 is 0 Å². The standard InChI is InChI=1S/C14H16N2O3/c1-19-12-5-3-2-4-11(12)6-7-14(18)16-9-8-15-13(17)10-16/h2-7H,8-10H2,1H3,(H,15,17)/b7-6-. The van der Waals surface area contributed by atoms with Gasteiger partial charge in [0.1, 0.15) is 5.75 Å². The van der Waals surface area contributed by atoms with Crippen molar-refractivity contribution in [3.05, 3.63) is 35.9 Å². The summed E-state index contributed by atoms with van der Waals surface area (Å²) in [4.78, 5) is 24.7. The number of piperazine rings is 1. The van der Waals surface area contributed by atoms with Crippen LogP contribution < -0.4 is 10.1 Å². The van der Waals surface area contributed by atoms with Gasteiger partial charge in [0, 0.05) is 24.7 Å². The lowest BCUT2D eigenvalue weighted by atomic mass is 10.2. The summed E-state index contributed by atoms with van der Waals surface area (Å²) >= 11 is 0. The molecule has 1 aliphatic rings. The van der Waals surface area contributed by atoms with Gasteiger partial charge in [-0.2, -0.15) is 0 Å². The minimum absolute atomic E-state index is 0.120. The average Bonchev–Trinajstić information content (AvgIpc) is 2.45. The van der Waals surface area contributed by atoms with Crippen molar-refractivity contribution in [2.24, 2.45) is 0 Å². The van der Waals surface area contributed by atoms with Crippen molar-refractivity contribution in [1.82, 2.24) is 10.2 Å². The molecule has 1 fully saturated rings. The molecule has 2 amide bonds. The van der Waals surface area contributed by atoms with Crippen LogP contribution in [0.3, 0.4) is 0 Å². The maximum Gasteiger partial charge on any atom is 0.247 e. The summed E-state index contributed by atoms with van der Waals surface area (Å²) in [5.74, 6) is 0.425. The Morgan fingerprint density at radius 1 is 1.42 bits per heavy atom. The van der Waals surface area contributed by atoms with Crippen molar-refractivity contribution < 1.29 is 14.3 Å². The van der Waals surface area contributed by atoms with Gasteiger partial charge in [-0.05, 0) is 12.1 Å².